The number of ether oxygens (including phenoxy) is 2. The maximum absolute atomic E-state index is 11.8. The van der Waals surface area contributed by atoms with Gasteiger partial charge >= 0.3 is 5.97 Å². The Morgan fingerprint density at radius 2 is 1.52 bits per heavy atom. The highest BCUT2D eigenvalue weighted by Gasteiger charge is 2.09. The zero-order valence-electron chi connectivity index (χ0n) is 13.9. The van der Waals surface area contributed by atoms with Crippen LogP contribution in [0, 0.1) is 0 Å². The fourth-order valence-corrected chi connectivity index (χ4v) is 1.92. The molecule has 0 radical (unpaired) electrons. The lowest BCUT2D eigenvalue weighted by Gasteiger charge is -2.08. The molecule has 0 unspecified atom stereocenters. The summed E-state index contributed by atoms with van der Waals surface area (Å²) < 4.78 is 10.4. The Hall–Kier alpha value is -3.15. The van der Waals surface area contributed by atoms with Crippen LogP contribution in [0.1, 0.15) is 19.8 Å². The average molecular weight is 341 g/mol. The first-order chi connectivity index (χ1) is 12.0. The van der Waals surface area contributed by atoms with Gasteiger partial charge in [-0.15, -0.1) is 0 Å². The van der Waals surface area contributed by atoms with Crippen molar-refractivity contribution in [2.75, 3.05) is 11.9 Å². The molecule has 0 aromatic heterocycles. The number of Topliss-reactive ketones (excluding diaryl/α,β-unsaturated/α-hetero) is 1. The van der Waals surface area contributed by atoms with Crippen LogP contribution >= 0.6 is 0 Å². The molecule has 0 bridgehead atoms. The summed E-state index contributed by atoms with van der Waals surface area (Å²) in [6, 6.07) is 16.3. The van der Waals surface area contributed by atoms with Gasteiger partial charge < -0.3 is 14.8 Å². The first kappa shape index (κ1) is 18.2. The Labute approximate surface area is 145 Å². The van der Waals surface area contributed by atoms with Crippen molar-refractivity contribution in [2.45, 2.75) is 19.8 Å². The standard InChI is InChI=1S/C19H19NO5/c1-14(21)13-24-19(23)12-11-18(22)20-15-7-9-17(10-8-15)25-16-5-3-2-4-6-16/h2-10H,11-13H2,1H3,(H,20,22). The largest absolute Gasteiger partial charge is 0.458 e. The molecule has 1 N–H and O–H groups in total. The van der Waals surface area contributed by atoms with Gasteiger partial charge in [0.15, 0.2) is 5.78 Å². The van der Waals surface area contributed by atoms with E-state index in [9.17, 15) is 14.4 Å². The quantitative estimate of drug-likeness (QED) is 0.745. The third-order valence-corrected chi connectivity index (χ3v) is 3.11. The number of para-hydroxylation sites is 1. The molecule has 6 nitrogen and oxygen atoms in total. The van der Waals surface area contributed by atoms with Crippen molar-refractivity contribution < 1.29 is 23.9 Å². The molecular formula is C19H19NO5. The van der Waals surface area contributed by atoms with Crippen molar-refractivity contribution in [1.82, 2.24) is 0 Å². The molecule has 130 valence electrons. The summed E-state index contributed by atoms with van der Waals surface area (Å²) in [6.45, 7) is 1.06. The van der Waals surface area contributed by atoms with E-state index in [0.29, 0.717) is 11.4 Å². The zero-order chi connectivity index (χ0) is 18.1. The molecule has 0 heterocycles. The van der Waals surface area contributed by atoms with E-state index in [1.807, 2.05) is 30.3 Å². The normalized spacial score (nSPS) is 9.96. The molecule has 0 saturated heterocycles. The van der Waals surface area contributed by atoms with Crippen molar-refractivity contribution in [1.29, 1.82) is 0 Å². The predicted molar refractivity (Wildman–Crippen MR) is 92.5 cm³/mol. The van der Waals surface area contributed by atoms with Crippen molar-refractivity contribution >= 4 is 23.3 Å². The minimum absolute atomic E-state index is 0.0149. The summed E-state index contributed by atoms with van der Waals surface area (Å²) in [7, 11) is 0. The number of hydrogen-bond donors (Lipinski definition) is 1. The fraction of sp³-hybridized carbons (Fsp3) is 0.211. The van der Waals surface area contributed by atoms with E-state index in [0.717, 1.165) is 5.75 Å². The topological polar surface area (TPSA) is 81.7 Å². The molecule has 1 amide bonds. The Balaban J connectivity index is 1.77. The monoisotopic (exact) mass is 341 g/mol. The van der Waals surface area contributed by atoms with Crippen LogP contribution in [0.2, 0.25) is 0 Å². The van der Waals surface area contributed by atoms with E-state index in [1.165, 1.54) is 6.92 Å². The molecule has 2 aromatic carbocycles. The molecule has 0 aliphatic carbocycles. The second-order valence-electron chi connectivity index (χ2n) is 5.35. The van der Waals surface area contributed by atoms with Crippen molar-refractivity contribution in [3.8, 4) is 11.5 Å². The Morgan fingerprint density at radius 3 is 2.16 bits per heavy atom. The number of benzene rings is 2. The number of carbonyl (C=O) groups is 3. The summed E-state index contributed by atoms with van der Waals surface area (Å²) in [5, 5.41) is 2.68. The van der Waals surface area contributed by atoms with E-state index in [2.05, 4.69) is 5.32 Å². The Morgan fingerprint density at radius 1 is 0.880 bits per heavy atom. The molecule has 25 heavy (non-hydrogen) atoms. The van der Waals surface area contributed by atoms with Crippen molar-refractivity contribution in [3.05, 3.63) is 54.6 Å². The summed E-state index contributed by atoms with van der Waals surface area (Å²) in [5.74, 6) is 0.254. The lowest BCUT2D eigenvalue weighted by atomic mass is 10.2. The maximum Gasteiger partial charge on any atom is 0.306 e. The first-order valence-corrected chi connectivity index (χ1v) is 7.81. The summed E-state index contributed by atoms with van der Waals surface area (Å²) in [5.41, 5.74) is 0.600. The third kappa shape index (κ3) is 6.87. The predicted octanol–water partition coefficient (Wildman–Crippen LogP) is 3.33. The summed E-state index contributed by atoms with van der Waals surface area (Å²) in [6.07, 6.45) is -0.0900. The van der Waals surface area contributed by atoms with Gasteiger partial charge in [0.25, 0.3) is 0 Å². The van der Waals surface area contributed by atoms with Crippen molar-refractivity contribution in [2.24, 2.45) is 0 Å². The number of anilines is 1. The minimum Gasteiger partial charge on any atom is -0.458 e. The maximum atomic E-state index is 11.8. The van der Waals surface area contributed by atoms with Gasteiger partial charge in [0.2, 0.25) is 5.91 Å². The smallest absolute Gasteiger partial charge is 0.306 e. The number of ketones is 1. The number of carbonyl (C=O) groups excluding carboxylic acids is 3. The average Bonchev–Trinajstić information content (AvgIpc) is 2.61. The van der Waals surface area contributed by atoms with Crippen LogP contribution in [0.15, 0.2) is 54.6 Å². The fourth-order valence-electron chi connectivity index (χ4n) is 1.92. The number of nitrogens with one attached hydrogen (secondary N) is 1. The van der Waals surface area contributed by atoms with Crippen molar-refractivity contribution in [3.63, 3.8) is 0 Å². The molecule has 0 aliphatic rings. The van der Waals surface area contributed by atoms with Gasteiger partial charge in [0, 0.05) is 12.1 Å². The Bertz CT molecular complexity index is 725. The van der Waals surface area contributed by atoms with E-state index in [1.54, 1.807) is 24.3 Å². The van der Waals surface area contributed by atoms with Gasteiger partial charge in [-0.3, -0.25) is 14.4 Å². The van der Waals surface area contributed by atoms with Crippen LogP contribution in [0.3, 0.4) is 0 Å². The highest BCUT2D eigenvalue weighted by molar-refractivity contribution is 5.92. The molecule has 6 heteroatoms. The van der Waals surface area contributed by atoms with Crippen LogP contribution in [0.4, 0.5) is 5.69 Å². The molecule has 2 aromatic rings. The molecule has 0 fully saturated rings. The van der Waals surface area contributed by atoms with Gasteiger partial charge in [-0.2, -0.15) is 0 Å². The number of esters is 1. The van der Waals surface area contributed by atoms with E-state index in [-0.39, 0.29) is 31.1 Å². The van der Waals surface area contributed by atoms with Crippen LogP contribution in [0.25, 0.3) is 0 Å². The highest BCUT2D eigenvalue weighted by Crippen LogP contribution is 2.22. The molecular weight excluding hydrogens is 322 g/mol. The van der Waals surface area contributed by atoms with Crippen LogP contribution < -0.4 is 10.1 Å². The molecule has 0 atom stereocenters. The zero-order valence-corrected chi connectivity index (χ0v) is 13.9. The number of hydrogen-bond acceptors (Lipinski definition) is 5. The lowest BCUT2D eigenvalue weighted by molar-refractivity contribution is -0.148. The minimum atomic E-state index is -0.572. The lowest BCUT2D eigenvalue weighted by Crippen LogP contribution is -2.16. The van der Waals surface area contributed by atoms with Crippen LogP contribution in [0.5, 0.6) is 11.5 Å². The third-order valence-electron chi connectivity index (χ3n) is 3.11. The van der Waals surface area contributed by atoms with Gasteiger partial charge in [-0.25, -0.2) is 0 Å². The number of amides is 1. The molecule has 2 rings (SSSR count). The van der Waals surface area contributed by atoms with E-state index in [4.69, 9.17) is 9.47 Å². The summed E-state index contributed by atoms with van der Waals surface area (Å²) in [4.78, 5) is 33.9. The van der Waals surface area contributed by atoms with Gasteiger partial charge in [0.1, 0.15) is 18.1 Å². The summed E-state index contributed by atoms with van der Waals surface area (Å²) >= 11 is 0. The van der Waals surface area contributed by atoms with E-state index < -0.39 is 5.97 Å². The second kappa shape index (κ2) is 9.22. The molecule has 0 saturated carbocycles. The van der Waals surface area contributed by atoms with Crippen LogP contribution in [-0.2, 0) is 19.1 Å². The van der Waals surface area contributed by atoms with Gasteiger partial charge in [-0.05, 0) is 43.3 Å². The SMILES string of the molecule is CC(=O)COC(=O)CCC(=O)Nc1ccc(Oc2ccccc2)cc1. The van der Waals surface area contributed by atoms with Crippen LogP contribution in [-0.4, -0.2) is 24.3 Å². The number of rotatable bonds is 8. The molecule has 0 aliphatic heterocycles. The molecule has 0 spiro atoms. The first-order valence-electron chi connectivity index (χ1n) is 7.81. The highest BCUT2D eigenvalue weighted by atomic mass is 16.5. The Kier molecular flexibility index (Phi) is 6.71. The van der Waals surface area contributed by atoms with Gasteiger partial charge in [-0.1, -0.05) is 18.2 Å². The second-order valence-corrected chi connectivity index (χ2v) is 5.35. The van der Waals surface area contributed by atoms with E-state index >= 15 is 0 Å². The van der Waals surface area contributed by atoms with Gasteiger partial charge in [0.05, 0.1) is 6.42 Å².